The number of benzene rings is 1. The highest BCUT2D eigenvalue weighted by molar-refractivity contribution is 6.30. The first kappa shape index (κ1) is 11.4. The quantitative estimate of drug-likeness (QED) is 0.821. The van der Waals surface area contributed by atoms with E-state index < -0.39 is 0 Å². The highest BCUT2D eigenvalue weighted by Gasteiger charge is 2.08. The normalized spacial score (nSPS) is 9.94. The Morgan fingerprint density at radius 2 is 1.88 bits per heavy atom. The molecule has 0 aliphatic rings. The van der Waals surface area contributed by atoms with Crippen molar-refractivity contribution in [3.05, 3.63) is 52.8 Å². The zero-order valence-electron chi connectivity index (χ0n) is 8.74. The third-order valence-corrected chi connectivity index (χ3v) is 2.43. The van der Waals surface area contributed by atoms with E-state index in [1.807, 2.05) is 0 Å². The van der Waals surface area contributed by atoms with E-state index in [1.54, 1.807) is 36.4 Å². The van der Waals surface area contributed by atoms with Crippen LogP contribution in [-0.4, -0.2) is 17.2 Å². The Morgan fingerprint density at radius 3 is 2.47 bits per heavy atom. The summed E-state index contributed by atoms with van der Waals surface area (Å²) in [6, 6.07) is 9.86. The second kappa shape index (κ2) is 4.84. The molecule has 1 aromatic carbocycles. The molecule has 0 saturated heterocycles. The molecule has 0 radical (unpaired) electrons. The smallest absolute Gasteiger partial charge is 0.272 e. The standard InChI is InChI=1S/C12H9ClN2O2/c13-8-1-3-9(4-2-8)15-12(17)11-6-5-10(7-16)14-11/h1-7,14H,(H,15,17). The number of aromatic nitrogens is 1. The maximum atomic E-state index is 11.7. The van der Waals surface area contributed by atoms with Gasteiger partial charge < -0.3 is 10.3 Å². The number of nitrogens with one attached hydrogen (secondary N) is 2. The van der Waals surface area contributed by atoms with Gasteiger partial charge in [-0.3, -0.25) is 9.59 Å². The van der Waals surface area contributed by atoms with E-state index in [-0.39, 0.29) is 5.91 Å². The summed E-state index contributed by atoms with van der Waals surface area (Å²) in [7, 11) is 0. The van der Waals surface area contributed by atoms with Crippen molar-refractivity contribution in [1.29, 1.82) is 0 Å². The predicted octanol–water partition coefficient (Wildman–Crippen LogP) is 2.73. The highest BCUT2D eigenvalue weighted by Crippen LogP contribution is 2.14. The number of amides is 1. The van der Waals surface area contributed by atoms with Gasteiger partial charge in [0.15, 0.2) is 6.29 Å². The van der Waals surface area contributed by atoms with Gasteiger partial charge in [0.2, 0.25) is 0 Å². The average molecular weight is 249 g/mol. The molecule has 1 amide bonds. The minimum absolute atomic E-state index is 0.305. The molecule has 86 valence electrons. The lowest BCUT2D eigenvalue weighted by Crippen LogP contribution is -2.12. The molecular weight excluding hydrogens is 240 g/mol. The van der Waals surface area contributed by atoms with Crippen molar-refractivity contribution in [3.63, 3.8) is 0 Å². The number of carbonyl (C=O) groups is 2. The van der Waals surface area contributed by atoms with Gasteiger partial charge in [0.1, 0.15) is 5.69 Å². The van der Waals surface area contributed by atoms with Crippen molar-refractivity contribution in [3.8, 4) is 0 Å². The van der Waals surface area contributed by atoms with Gasteiger partial charge in [0, 0.05) is 10.7 Å². The lowest BCUT2D eigenvalue weighted by Gasteiger charge is -2.03. The Bertz CT molecular complexity index is 546. The maximum absolute atomic E-state index is 11.7. The molecule has 0 bridgehead atoms. The lowest BCUT2D eigenvalue weighted by atomic mass is 10.3. The van der Waals surface area contributed by atoms with Crippen LogP contribution < -0.4 is 5.32 Å². The minimum atomic E-state index is -0.305. The average Bonchev–Trinajstić information content (AvgIpc) is 2.81. The first-order chi connectivity index (χ1) is 8.19. The van der Waals surface area contributed by atoms with Gasteiger partial charge in [-0.1, -0.05) is 11.6 Å². The largest absolute Gasteiger partial charge is 0.348 e. The third-order valence-electron chi connectivity index (χ3n) is 2.18. The molecule has 1 heterocycles. The second-order valence-corrected chi connectivity index (χ2v) is 3.84. The molecule has 17 heavy (non-hydrogen) atoms. The van der Waals surface area contributed by atoms with Gasteiger partial charge >= 0.3 is 0 Å². The molecule has 0 unspecified atom stereocenters. The van der Waals surface area contributed by atoms with Crippen LogP contribution in [-0.2, 0) is 0 Å². The number of carbonyl (C=O) groups excluding carboxylic acids is 2. The van der Waals surface area contributed by atoms with Crippen molar-refractivity contribution in [2.24, 2.45) is 0 Å². The van der Waals surface area contributed by atoms with Gasteiger partial charge in [-0.15, -0.1) is 0 Å². The lowest BCUT2D eigenvalue weighted by molar-refractivity contribution is 0.102. The Kier molecular flexibility index (Phi) is 3.25. The van der Waals surface area contributed by atoms with Crippen molar-refractivity contribution in [2.75, 3.05) is 5.32 Å². The fraction of sp³-hybridized carbons (Fsp3) is 0. The summed E-state index contributed by atoms with van der Waals surface area (Å²) >= 11 is 5.73. The summed E-state index contributed by atoms with van der Waals surface area (Å²) in [5.41, 5.74) is 1.34. The first-order valence-electron chi connectivity index (χ1n) is 4.90. The fourth-order valence-electron chi connectivity index (χ4n) is 1.34. The van der Waals surface area contributed by atoms with Gasteiger partial charge in [-0.2, -0.15) is 0 Å². The summed E-state index contributed by atoms with van der Waals surface area (Å²) < 4.78 is 0. The van der Waals surface area contributed by atoms with Gasteiger partial charge in [0.05, 0.1) is 5.69 Å². The van der Waals surface area contributed by atoms with Crippen LogP contribution in [0.2, 0.25) is 5.02 Å². The molecule has 5 heteroatoms. The van der Waals surface area contributed by atoms with Crippen molar-refractivity contribution >= 4 is 29.5 Å². The van der Waals surface area contributed by atoms with E-state index in [2.05, 4.69) is 10.3 Å². The molecule has 0 aliphatic carbocycles. The minimum Gasteiger partial charge on any atom is -0.348 e. The Labute approximate surface area is 103 Å². The van der Waals surface area contributed by atoms with E-state index in [4.69, 9.17) is 11.6 Å². The Balaban J connectivity index is 2.11. The molecule has 0 saturated carbocycles. The number of aromatic amines is 1. The van der Waals surface area contributed by atoms with Gasteiger partial charge in [-0.05, 0) is 36.4 Å². The number of anilines is 1. The summed E-state index contributed by atoms with van der Waals surface area (Å²) in [4.78, 5) is 24.9. The van der Waals surface area contributed by atoms with Crippen LogP contribution in [0.4, 0.5) is 5.69 Å². The van der Waals surface area contributed by atoms with Crippen molar-refractivity contribution in [2.45, 2.75) is 0 Å². The zero-order chi connectivity index (χ0) is 12.3. The summed E-state index contributed by atoms with van der Waals surface area (Å²) in [6.07, 6.45) is 0.652. The van der Waals surface area contributed by atoms with Crippen molar-refractivity contribution < 1.29 is 9.59 Å². The van der Waals surface area contributed by atoms with E-state index >= 15 is 0 Å². The molecule has 0 fully saturated rings. The topological polar surface area (TPSA) is 62.0 Å². The number of hydrogen-bond donors (Lipinski definition) is 2. The number of rotatable bonds is 3. The highest BCUT2D eigenvalue weighted by atomic mass is 35.5. The Morgan fingerprint density at radius 1 is 1.18 bits per heavy atom. The summed E-state index contributed by atoms with van der Waals surface area (Å²) in [5.74, 6) is -0.305. The van der Waals surface area contributed by atoms with Gasteiger partial charge in [-0.25, -0.2) is 0 Å². The SMILES string of the molecule is O=Cc1ccc(C(=O)Nc2ccc(Cl)cc2)[nH]1. The number of H-pyrrole nitrogens is 1. The molecule has 0 atom stereocenters. The molecule has 4 nitrogen and oxygen atoms in total. The fourth-order valence-corrected chi connectivity index (χ4v) is 1.47. The first-order valence-corrected chi connectivity index (χ1v) is 5.28. The van der Waals surface area contributed by atoms with Crippen LogP contribution in [0.15, 0.2) is 36.4 Å². The molecule has 2 N–H and O–H groups in total. The number of halogens is 1. The van der Waals surface area contributed by atoms with Crippen LogP contribution in [0.5, 0.6) is 0 Å². The van der Waals surface area contributed by atoms with Crippen LogP contribution in [0.1, 0.15) is 21.0 Å². The van der Waals surface area contributed by atoms with Crippen LogP contribution in [0.25, 0.3) is 0 Å². The predicted molar refractivity (Wildman–Crippen MR) is 65.6 cm³/mol. The summed E-state index contributed by atoms with van der Waals surface area (Å²) in [6.45, 7) is 0. The number of hydrogen-bond acceptors (Lipinski definition) is 2. The molecular formula is C12H9ClN2O2. The number of aldehydes is 1. The van der Waals surface area contributed by atoms with E-state index in [0.717, 1.165) is 0 Å². The van der Waals surface area contributed by atoms with E-state index in [0.29, 0.717) is 28.4 Å². The third kappa shape index (κ3) is 2.73. The molecule has 0 spiro atoms. The molecule has 1 aromatic heterocycles. The van der Waals surface area contributed by atoms with Crippen LogP contribution >= 0.6 is 11.6 Å². The summed E-state index contributed by atoms with van der Waals surface area (Å²) in [5, 5.41) is 3.28. The monoisotopic (exact) mass is 248 g/mol. The van der Waals surface area contributed by atoms with E-state index in [1.165, 1.54) is 0 Å². The van der Waals surface area contributed by atoms with E-state index in [9.17, 15) is 9.59 Å². The second-order valence-electron chi connectivity index (χ2n) is 3.41. The maximum Gasteiger partial charge on any atom is 0.272 e. The van der Waals surface area contributed by atoms with Crippen molar-refractivity contribution in [1.82, 2.24) is 4.98 Å². The molecule has 2 rings (SSSR count). The Hall–Kier alpha value is -2.07. The molecule has 2 aromatic rings. The molecule has 0 aliphatic heterocycles. The zero-order valence-corrected chi connectivity index (χ0v) is 9.49. The van der Waals surface area contributed by atoms with Crippen LogP contribution in [0, 0.1) is 0 Å². The van der Waals surface area contributed by atoms with Crippen LogP contribution in [0.3, 0.4) is 0 Å². The van der Waals surface area contributed by atoms with Gasteiger partial charge in [0.25, 0.3) is 5.91 Å².